The molecular weight excluding hydrogens is 348 g/mol. The first-order valence-corrected chi connectivity index (χ1v) is 7.27. The SMILES string of the molecule is CC(NCc1ccc(Cl)c(Br)c1)c1c(F)cccc1F. The van der Waals surface area contributed by atoms with Gasteiger partial charge in [0.05, 0.1) is 5.02 Å². The third-order valence-corrected chi connectivity index (χ3v) is 4.24. The van der Waals surface area contributed by atoms with Crippen molar-refractivity contribution in [2.45, 2.75) is 19.5 Å². The summed E-state index contributed by atoms with van der Waals surface area (Å²) in [4.78, 5) is 0. The highest BCUT2D eigenvalue weighted by molar-refractivity contribution is 9.10. The van der Waals surface area contributed by atoms with Gasteiger partial charge in [-0.1, -0.05) is 23.7 Å². The first-order chi connectivity index (χ1) is 9.49. The molecule has 0 amide bonds. The molecule has 0 saturated heterocycles. The predicted octanol–water partition coefficient (Wildman–Crippen LogP) is 5.23. The van der Waals surface area contributed by atoms with E-state index in [4.69, 9.17) is 11.6 Å². The van der Waals surface area contributed by atoms with E-state index < -0.39 is 17.7 Å². The number of halogens is 4. The van der Waals surface area contributed by atoms with E-state index in [1.165, 1.54) is 18.2 Å². The van der Waals surface area contributed by atoms with Gasteiger partial charge >= 0.3 is 0 Å². The predicted molar refractivity (Wildman–Crippen MR) is 80.8 cm³/mol. The second-order valence-electron chi connectivity index (χ2n) is 4.49. The molecule has 0 fully saturated rings. The van der Waals surface area contributed by atoms with Crippen LogP contribution in [0.5, 0.6) is 0 Å². The van der Waals surface area contributed by atoms with Crippen LogP contribution in [0.15, 0.2) is 40.9 Å². The Balaban J connectivity index is 2.08. The van der Waals surface area contributed by atoms with Crippen molar-refractivity contribution in [1.82, 2.24) is 5.32 Å². The highest BCUT2D eigenvalue weighted by atomic mass is 79.9. The highest BCUT2D eigenvalue weighted by Crippen LogP contribution is 2.24. The fourth-order valence-electron chi connectivity index (χ4n) is 1.95. The van der Waals surface area contributed by atoms with Crippen molar-refractivity contribution in [3.8, 4) is 0 Å². The monoisotopic (exact) mass is 359 g/mol. The second kappa shape index (κ2) is 6.66. The Morgan fingerprint density at radius 1 is 1.20 bits per heavy atom. The van der Waals surface area contributed by atoms with E-state index in [-0.39, 0.29) is 5.56 Å². The summed E-state index contributed by atoms with van der Waals surface area (Å²) in [6, 6.07) is 8.97. The van der Waals surface area contributed by atoms with Crippen LogP contribution >= 0.6 is 27.5 Å². The smallest absolute Gasteiger partial charge is 0.130 e. The van der Waals surface area contributed by atoms with Gasteiger partial charge in [0.1, 0.15) is 11.6 Å². The van der Waals surface area contributed by atoms with Gasteiger partial charge in [0.25, 0.3) is 0 Å². The van der Waals surface area contributed by atoms with Crippen LogP contribution in [0, 0.1) is 11.6 Å². The largest absolute Gasteiger partial charge is 0.306 e. The fraction of sp³-hybridized carbons (Fsp3) is 0.200. The Bertz CT molecular complexity index is 599. The molecule has 1 nitrogen and oxygen atoms in total. The lowest BCUT2D eigenvalue weighted by Gasteiger charge is -2.16. The van der Waals surface area contributed by atoms with Gasteiger partial charge in [-0.15, -0.1) is 0 Å². The Morgan fingerprint density at radius 3 is 2.45 bits per heavy atom. The van der Waals surface area contributed by atoms with Gasteiger partial charge < -0.3 is 5.32 Å². The number of nitrogens with one attached hydrogen (secondary N) is 1. The average molecular weight is 361 g/mol. The van der Waals surface area contributed by atoms with Gasteiger partial charge in [0.2, 0.25) is 0 Å². The molecule has 0 radical (unpaired) electrons. The van der Waals surface area contributed by atoms with Crippen LogP contribution in [0.4, 0.5) is 8.78 Å². The Labute approximate surface area is 130 Å². The topological polar surface area (TPSA) is 12.0 Å². The van der Waals surface area contributed by atoms with Crippen molar-refractivity contribution < 1.29 is 8.78 Å². The molecular formula is C15H13BrClF2N. The zero-order valence-corrected chi connectivity index (χ0v) is 13.1. The van der Waals surface area contributed by atoms with Crippen LogP contribution < -0.4 is 5.32 Å². The molecule has 0 aliphatic carbocycles. The Morgan fingerprint density at radius 2 is 1.85 bits per heavy atom. The number of hydrogen-bond acceptors (Lipinski definition) is 1. The summed E-state index contributed by atoms with van der Waals surface area (Å²) >= 11 is 9.26. The highest BCUT2D eigenvalue weighted by Gasteiger charge is 2.15. The fourth-order valence-corrected chi connectivity index (χ4v) is 2.49. The summed E-state index contributed by atoms with van der Waals surface area (Å²) in [6.07, 6.45) is 0. The summed E-state index contributed by atoms with van der Waals surface area (Å²) in [5.41, 5.74) is 1.03. The first kappa shape index (κ1) is 15.4. The minimum absolute atomic E-state index is 0.0560. The van der Waals surface area contributed by atoms with Gasteiger partial charge in [0.15, 0.2) is 0 Å². The molecule has 2 rings (SSSR count). The lowest BCUT2D eigenvalue weighted by atomic mass is 10.1. The molecule has 1 N–H and O–H groups in total. The van der Waals surface area contributed by atoms with Crippen LogP contribution in [-0.2, 0) is 6.54 Å². The molecule has 0 aliphatic rings. The van der Waals surface area contributed by atoms with Crippen LogP contribution in [-0.4, -0.2) is 0 Å². The van der Waals surface area contributed by atoms with E-state index in [1.54, 1.807) is 13.0 Å². The lowest BCUT2D eigenvalue weighted by Crippen LogP contribution is -2.20. The molecule has 2 aromatic rings. The van der Waals surface area contributed by atoms with E-state index >= 15 is 0 Å². The van der Waals surface area contributed by atoms with Crippen molar-refractivity contribution in [2.75, 3.05) is 0 Å². The van der Waals surface area contributed by atoms with E-state index in [9.17, 15) is 8.78 Å². The molecule has 0 heterocycles. The van der Waals surface area contributed by atoms with E-state index in [1.807, 2.05) is 12.1 Å². The molecule has 5 heteroatoms. The summed E-state index contributed by atoms with van der Waals surface area (Å²) < 4.78 is 28.1. The standard InChI is InChI=1S/C15H13BrClF2N/c1-9(15-13(18)3-2-4-14(15)19)20-8-10-5-6-12(17)11(16)7-10/h2-7,9,20H,8H2,1H3. The summed E-state index contributed by atoms with van der Waals surface area (Å²) in [5.74, 6) is -1.08. The van der Waals surface area contributed by atoms with Gasteiger partial charge in [-0.2, -0.15) is 0 Å². The van der Waals surface area contributed by atoms with E-state index in [2.05, 4.69) is 21.2 Å². The average Bonchev–Trinajstić information content (AvgIpc) is 2.40. The normalized spacial score (nSPS) is 12.4. The summed E-state index contributed by atoms with van der Waals surface area (Å²) in [6.45, 7) is 2.22. The molecule has 0 bridgehead atoms. The van der Waals surface area contributed by atoms with Crippen molar-refractivity contribution in [3.63, 3.8) is 0 Å². The van der Waals surface area contributed by atoms with Crippen molar-refractivity contribution in [1.29, 1.82) is 0 Å². The maximum Gasteiger partial charge on any atom is 0.130 e. The minimum atomic E-state index is -0.540. The third kappa shape index (κ3) is 3.57. The van der Waals surface area contributed by atoms with Crippen LogP contribution in [0.25, 0.3) is 0 Å². The molecule has 0 spiro atoms. The second-order valence-corrected chi connectivity index (χ2v) is 5.75. The molecule has 2 aromatic carbocycles. The van der Waals surface area contributed by atoms with E-state index in [0.717, 1.165) is 10.0 Å². The Hall–Kier alpha value is -0.970. The molecule has 1 unspecified atom stereocenters. The van der Waals surface area contributed by atoms with E-state index in [0.29, 0.717) is 11.6 Å². The zero-order valence-electron chi connectivity index (χ0n) is 10.8. The summed E-state index contributed by atoms with van der Waals surface area (Å²) in [5, 5.41) is 3.73. The van der Waals surface area contributed by atoms with Gasteiger partial charge in [-0.05, 0) is 52.7 Å². The first-order valence-electron chi connectivity index (χ1n) is 6.10. The van der Waals surface area contributed by atoms with Crippen LogP contribution in [0.2, 0.25) is 5.02 Å². The number of benzene rings is 2. The van der Waals surface area contributed by atoms with Crippen molar-refractivity contribution >= 4 is 27.5 Å². The quantitative estimate of drug-likeness (QED) is 0.787. The number of rotatable bonds is 4. The van der Waals surface area contributed by atoms with Gasteiger partial charge in [-0.3, -0.25) is 0 Å². The Kier molecular flexibility index (Phi) is 5.13. The van der Waals surface area contributed by atoms with Crippen LogP contribution in [0.1, 0.15) is 24.1 Å². The maximum atomic E-state index is 13.6. The molecule has 0 saturated carbocycles. The van der Waals surface area contributed by atoms with Crippen molar-refractivity contribution in [2.24, 2.45) is 0 Å². The van der Waals surface area contributed by atoms with Crippen molar-refractivity contribution in [3.05, 3.63) is 68.7 Å². The molecule has 1 atom stereocenters. The zero-order chi connectivity index (χ0) is 14.7. The maximum absolute atomic E-state index is 13.6. The summed E-state index contributed by atoms with van der Waals surface area (Å²) in [7, 11) is 0. The molecule has 0 aromatic heterocycles. The van der Waals surface area contributed by atoms with Gasteiger partial charge in [0, 0.05) is 22.6 Å². The molecule has 20 heavy (non-hydrogen) atoms. The van der Waals surface area contributed by atoms with Crippen LogP contribution in [0.3, 0.4) is 0 Å². The number of hydrogen-bond donors (Lipinski definition) is 1. The third-order valence-electron chi connectivity index (χ3n) is 3.03. The molecule has 0 aliphatic heterocycles. The van der Waals surface area contributed by atoms with Gasteiger partial charge in [-0.25, -0.2) is 8.78 Å². The minimum Gasteiger partial charge on any atom is -0.306 e. The lowest BCUT2D eigenvalue weighted by molar-refractivity contribution is 0.487. The molecule has 106 valence electrons.